The second-order valence-electron chi connectivity index (χ2n) is 11.9. The molecule has 2 amide bonds. The van der Waals surface area contributed by atoms with Crippen molar-refractivity contribution in [2.75, 3.05) is 31.6 Å². The highest BCUT2D eigenvalue weighted by Crippen LogP contribution is 2.36. The zero-order chi connectivity index (χ0) is 34.8. The average Bonchev–Trinajstić information content (AvgIpc) is 3.07. The summed E-state index contributed by atoms with van der Waals surface area (Å²) >= 11 is 6.33. The fourth-order valence-corrected chi connectivity index (χ4v) is 6.78. The number of ether oxygens (including phenoxy) is 2. The summed E-state index contributed by atoms with van der Waals surface area (Å²) in [4.78, 5) is 30.1. The van der Waals surface area contributed by atoms with Crippen molar-refractivity contribution in [3.8, 4) is 11.5 Å². The average molecular weight is 692 g/mol. The third kappa shape index (κ3) is 9.29. The molecule has 4 aromatic carbocycles. The molecular weight excluding hydrogens is 650 g/mol. The minimum absolute atomic E-state index is 0.000340. The van der Waals surface area contributed by atoms with Crippen LogP contribution in [0.3, 0.4) is 0 Å². The molecule has 0 fully saturated rings. The quantitative estimate of drug-likeness (QED) is 0.158. The number of halogens is 1. The van der Waals surface area contributed by atoms with Crippen LogP contribution in [0.2, 0.25) is 5.02 Å². The maximum absolute atomic E-state index is 14.7. The molecule has 0 radical (unpaired) electrons. The number of methoxy groups -OCH3 is 2. The molecule has 0 bridgehead atoms. The Labute approximate surface area is 288 Å². The maximum atomic E-state index is 14.7. The summed E-state index contributed by atoms with van der Waals surface area (Å²) in [5, 5.41) is 3.45. The predicted octanol–water partition coefficient (Wildman–Crippen LogP) is 6.27. The molecule has 1 unspecified atom stereocenters. The van der Waals surface area contributed by atoms with Crippen molar-refractivity contribution in [1.29, 1.82) is 0 Å². The van der Waals surface area contributed by atoms with Gasteiger partial charge in [-0.15, -0.1) is 0 Å². The van der Waals surface area contributed by atoms with Crippen LogP contribution in [0.4, 0.5) is 5.69 Å². The molecule has 254 valence electrons. The first-order chi connectivity index (χ1) is 22.9. The summed E-state index contributed by atoms with van der Waals surface area (Å²) < 4.78 is 40.8. The monoisotopic (exact) mass is 691 g/mol. The first-order valence-corrected chi connectivity index (χ1v) is 17.4. The molecule has 4 rings (SSSR count). The van der Waals surface area contributed by atoms with Gasteiger partial charge in [-0.2, -0.15) is 0 Å². The number of rotatable bonds is 15. The number of nitrogens with one attached hydrogen (secondary N) is 1. The Hall–Kier alpha value is -4.54. The Morgan fingerprint density at radius 3 is 2.17 bits per heavy atom. The molecule has 9 nitrogen and oxygen atoms in total. The lowest BCUT2D eigenvalue weighted by atomic mass is 10.0. The number of amides is 2. The van der Waals surface area contributed by atoms with Gasteiger partial charge in [-0.25, -0.2) is 8.42 Å². The number of hydrogen-bond donors (Lipinski definition) is 1. The van der Waals surface area contributed by atoms with E-state index in [9.17, 15) is 18.0 Å². The number of carbonyl (C=O) groups is 2. The van der Waals surface area contributed by atoms with Crippen LogP contribution in [0.1, 0.15) is 30.5 Å². The summed E-state index contributed by atoms with van der Waals surface area (Å²) in [6.07, 6.45) is 0.199. The zero-order valence-corrected chi connectivity index (χ0v) is 29.4. The number of sulfonamides is 1. The van der Waals surface area contributed by atoms with Crippen LogP contribution in [-0.4, -0.2) is 58.5 Å². The summed E-state index contributed by atoms with van der Waals surface area (Å²) in [6.45, 7) is 5.59. The van der Waals surface area contributed by atoms with E-state index in [1.54, 1.807) is 42.5 Å². The maximum Gasteiger partial charge on any atom is 0.264 e. The second-order valence-corrected chi connectivity index (χ2v) is 14.2. The van der Waals surface area contributed by atoms with E-state index in [2.05, 4.69) is 5.32 Å². The van der Waals surface area contributed by atoms with Crippen molar-refractivity contribution < 1.29 is 27.5 Å². The molecule has 0 aromatic heterocycles. The fourth-order valence-electron chi connectivity index (χ4n) is 5.15. The molecule has 4 aromatic rings. The minimum Gasteiger partial charge on any atom is -0.497 e. The van der Waals surface area contributed by atoms with Gasteiger partial charge >= 0.3 is 0 Å². The normalized spacial score (nSPS) is 11.9. The number of benzene rings is 4. The largest absolute Gasteiger partial charge is 0.497 e. The highest BCUT2D eigenvalue weighted by atomic mass is 35.5. The molecule has 0 spiro atoms. The number of nitrogens with zero attached hydrogens (tertiary/aromatic N) is 2. The molecule has 0 aliphatic heterocycles. The fraction of sp³-hybridized carbons (Fsp3) is 0.297. The predicted molar refractivity (Wildman–Crippen MR) is 189 cm³/mol. The van der Waals surface area contributed by atoms with Gasteiger partial charge in [-0.3, -0.25) is 13.9 Å². The topological polar surface area (TPSA) is 105 Å². The Morgan fingerprint density at radius 2 is 1.54 bits per heavy atom. The second kappa shape index (κ2) is 16.5. The Morgan fingerprint density at radius 1 is 0.854 bits per heavy atom. The third-order valence-corrected chi connectivity index (χ3v) is 9.75. The zero-order valence-electron chi connectivity index (χ0n) is 27.9. The third-order valence-electron chi connectivity index (χ3n) is 7.74. The van der Waals surface area contributed by atoms with Crippen LogP contribution < -0.4 is 19.1 Å². The van der Waals surface area contributed by atoms with E-state index in [0.717, 1.165) is 15.4 Å². The molecule has 48 heavy (non-hydrogen) atoms. The number of hydrogen-bond acceptors (Lipinski definition) is 6. The summed E-state index contributed by atoms with van der Waals surface area (Å²) in [5.74, 6) is -0.200. The highest BCUT2D eigenvalue weighted by molar-refractivity contribution is 7.92. The molecule has 0 aliphatic rings. The highest BCUT2D eigenvalue weighted by Gasteiger charge is 2.36. The molecule has 0 saturated heterocycles. The summed E-state index contributed by atoms with van der Waals surface area (Å²) in [5.41, 5.74) is 2.50. The summed E-state index contributed by atoms with van der Waals surface area (Å²) in [6, 6.07) is 26.5. The number of anilines is 1. The van der Waals surface area contributed by atoms with Crippen LogP contribution in [0.25, 0.3) is 0 Å². The van der Waals surface area contributed by atoms with E-state index in [4.69, 9.17) is 21.1 Å². The number of aryl methyl sites for hydroxylation is 1. The summed E-state index contributed by atoms with van der Waals surface area (Å²) in [7, 11) is -1.45. The molecule has 1 atom stereocenters. The first-order valence-electron chi connectivity index (χ1n) is 15.6. The van der Waals surface area contributed by atoms with E-state index in [1.807, 2.05) is 57.2 Å². The Kier molecular flexibility index (Phi) is 12.5. The van der Waals surface area contributed by atoms with Crippen LogP contribution in [0.15, 0.2) is 102 Å². The van der Waals surface area contributed by atoms with Crippen molar-refractivity contribution in [3.63, 3.8) is 0 Å². The van der Waals surface area contributed by atoms with Gasteiger partial charge in [0, 0.05) is 30.6 Å². The standard InChI is InChI=1S/C37H42ClN3O6S/c1-26(2)23-39-37(43)34(21-28-10-7-6-8-11-28)40(24-29-12-9-13-30(38)20-29)36(42)25-41(33-22-31(46-4)16-19-35(33)47-5)48(44,45)32-17-14-27(3)15-18-32/h6-20,22,26,34H,21,23-25H2,1-5H3,(H,39,43). The van der Waals surface area contributed by atoms with E-state index < -0.39 is 28.5 Å². The van der Waals surface area contributed by atoms with Gasteiger partial charge < -0.3 is 19.7 Å². The van der Waals surface area contributed by atoms with E-state index in [0.29, 0.717) is 22.9 Å². The van der Waals surface area contributed by atoms with Crippen molar-refractivity contribution in [2.45, 2.75) is 44.7 Å². The number of carbonyl (C=O) groups excluding carboxylic acids is 2. The molecule has 11 heteroatoms. The van der Waals surface area contributed by atoms with E-state index in [-0.39, 0.29) is 41.1 Å². The van der Waals surface area contributed by atoms with Gasteiger partial charge in [-0.05, 0) is 60.4 Å². The lowest BCUT2D eigenvalue weighted by molar-refractivity contribution is -0.140. The van der Waals surface area contributed by atoms with Crippen molar-refractivity contribution >= 4 is 39.1 Å². The van der Waals surface area contributed by atoms with Crippen LogP contribution in [-0.2, 0) is 32.6 Å². The van der Waals surface area contributed by atoms with E-state index in [1.165, 1.54) is 37.3 Å². The SMILES string of the molecule is COc1ccc(OC)c(N(CC(=O)N(Cc2cccc(Cl)c2)C(Cc2ccccc2)C(=O)NCC(C)C)S(=O)(=O)c2ccc(C)cc2)c1. The van der Waals surface area contributed by atoms with Gasteiger partial charge in [0.2, 0.25) is 11.8 Å². The molecule has 0 heterocycles. The van der Waals surface area contributed by atoms with Gasteiger partial charge in [0.25, 0.3) is 10.0 Å². The molecule has 0 saturated carbocycles. The first kappa shape index (κ1) is 36.3. The minimum atomic E-state index is -4.33. The van der Waals surface area contributed by atoms with Gasteiger partial charge in [-0.1, -0.05) is 85.6 Å². The van der Waals surface area contributed by atoms with Gasteiger partial charge in [0.15, 0.2) is 0 Å². The van der Waals surface area contributed by atoms with Crippen molar-refractivity contribution in [2.24, 2.45) is 5.92 Å². The molecular formula is C37H42ClN3O6S. The smallest absolute Gasteiger partial charge is 0.264 e. The van der Waals surface area contributed by atoms with Crippen LogP contribution >= 0.6 is 11.6 Å². The lowest BCUT2D eigenvalue weighted by Gasteiger charge is -2.34. The van der Waals surface area contributed by atoms with Gasteiger partial charge in [0.05, 0.1) is 24.8 Å². The van der Waals surface area contributed by atoms with Gasteiger partial charge in [0.1, 0.15) is 24.1 Å². The van der Waals surface area contributed by atoms with Crippen LogP contribution in [0, 0.1) is 12.8 Å². The molecule has 1 N–H and O–H groups in total. The molecule has 0 aliphatic carbocycles. The van der Waals surface area contributed by atoms with Crippen molar-refractivity contribution in [3.05, 3.63) is 119 Å². The Balaban J connectivity index is 1.86. The van der Waals surface area contributed by atoms with Crippen LogP contribution in [0.5, 0.6) is 11.5 Å². The van der Waals surface area contributed by atoms with Crippen molar-refractivity contribution in [1.82, 2.24) is 10.2 Å². The Bertz CT molecular complexity index is 1800. The van der Waals surface area contributed by atoms with E-state index >= 15 is 0 Å². The lowest BCUT2D eigenvalue weighted by Crippen LogP contribution is -2.53.